The Morgan fingerprint density at radius 1 is 1.16 bits per heavy atom. The van der Waals surface area contributed by atoms with Gasteiger partial charge >= 0.3 is 12.4 Å². The van der Waals surface area contributed by atoms with Crippen LogP contribution in [0.4, 0.5) is 29.3 Å². The third-order valence-electron chi connectivity index (χ3n) is 6.59. The fraction of sp³-hybridized carbons (Fsp3) is 0.440. The van der Waals surface area contributed by atoms with Crippen molar-refractivity contribution in [3.05, 3.63) is 48.3 Å². The molecule has 0 aliphatic carbocycles. The van der Waals surface area contributed by atoms with Gasteiger partial charge in [-0.3, -0.25) is 19.5 Å². The summed E-state index contributed by atoms with van der Waals surface area (Å²) in [4.78, 5) is 47.7. The summed E-state index contributed by atoms with van der Waals surface area (Å²) in [5, 5.41) is 2.48. The number of carbonyl (C=O) groups is 3. The van der Waals surface area contributed by atoms with E-state index in [1.807, 2.05) is 4.90 Å². The number of carbonyl (C=O) groups excluding carboxylic acids is 3. The minimum Gasteiger partial charge on any atom is -0.404 e. The topological polar surface area (TPSA) is 104 Å². The van der Waals surface area contributed by atoms with Crippen LogP contribution in [0.3, 0.4) is 0 Å². The lowest BCUT2D eigenvalue weighted by Crippen LogP contribution is -2.47. The van der Waals surface area contributed by atoms with Crippen molar-refractivity contribution in [2.24, 2.45) is 0 Å². The average Bonchev–Trinajstić information content (AvgIpc) is 3.04. The number of nitrogens with one attached hydrogen (secondary N) is 1. The monoisotopic (exact) mass is 535 g/mol. The predicted molar refractivity (Wildman–Crippen MR) is 130 cm³/mol. The molecule has 2 fully saturated rings. The van der Waals surface area contributed by atoms with Crippen LogP contribution in [0, 0.1) is 0 Å². The summed E-state index contributed by atoms with van der Waals surface area (Å²) >= 11 is 0. The van der Waals surface area contributed by atoms with E-state index in [1.165, 1.54) is 11.0 Å². The molecule has 1 N–H and O–H groups in total. The number of pyridine rings is 1. The molecule has 4 amide bonds. The van der Waals surface area contributed by atoms with Crippen molar-refractivity contribution in [3.8, 4) is 5.75 Å². The second kappa shape index (κ2) is 10.6. The number of hydrogen-bond acceptors (Lipinski definition) is 7. The van der Waals surface area contributed by atoms with Gasteiger partial charge in [-0.1, -0.05) is 0 Å². The molecule has 2 aliphatic heterocycles. The van der Waals surface area contributed by atoms with Crippen LogP contribution in [0.15, 0.2) is 42.7 Å². The van der Waals surface area contributed by atoms with Crippen LogP contribution < -0.4 is 15.0 Å². The number of rotatable bonds is 7. The Hall–Kier alpha value is -3.71. The molecule has 204 valence electrons. The number of amides is 4. The zero-order valence-electron chi connectivity index (χ0n) is 21.1. The zero-order valence-corrected chi connectivity index (χ0v) is 21.1. The Kier molecular flexibility index (Phi) is 7.61. The van der Waals surface area contributed by atoms with E-state index >= 15 is 0 Å². The minimum atomic E-state index is -5.03. The smallest absolute Gasteiger partial charge is 0.404 e. The van der Waals surface area contributed by atoms with E-state index in [2.05, 4.69) is 15.0 Å². The fourth-order valence-electron chi connectivity index (χ4n) is 4.34. The van der Waals surface area contributed by atoms with Crippen molar-refractivity contribution in [3.63, 3.8) is 0 Å². The Labute approximate surface area is 217 Å². The van der Waals surface area contributed by atoms with Crippen LogP contribution in [0.5, 0.6) is 5.75 Å². The van der Waals surface area contributed by atoms with Crippen molar-refractivity contribution in [2.75, 3.05) is 36.5 Å². The molecule has 2 aliphatic rings. The highest BCUT2D eigenvalue weighted by Gasteiger charge is 2.52. The van der Waals surface area contributed by atoms with Crippen LogP contribution in [0.25, 0.3) is 0 Å². The number of aromatic nitrogens is 1. The summed E-state index contributed by atoms with van der Waals surface area (Å²) in [5.41, 5.74) is -0.824. The summed E-state index contributed by atoms with van der Waals surface area (Å²) in [5.74, 6) is -1.81. The molecule has 0 bridgehead atoms. The molecule has 2 saturated heterocycles. The van der Waals surface area contributed by atoms with Gasteiger partial charge in [0.2, 0.25) is 5.91 Å². The van der Waals surface area contributed by atoms with Crippen LogP contribution in [0.1, 0.15) is 26.3 Å². The molecule has 1 unspecified atom stereocenters. The van der Waals surface area contributed by atoms with Gasteiger partial charge in [-0.15, -0.1) is 13.2 Å². The van der Waals surface area contributed by atoms with Gasteiger partial charge in [0, 0.05) is 32.0 Å². The van der Waals surface area contributed by atoms with E-state index in [1.54, 1.807) is 45.3 Å². The van der Waals surface area contributed by atoms with Crippen LogP contribution in [-0.4, -0.2) is 76.9 Å². The molecule has 2 aromatic rings. The first-order valence-electron chi connectivity index (χ1n) is 12.0. The Balaban J connectivity index is 1.64. The minimum absolute atomic E-state index is 0.00541. The normalized spacial score (nSPS) is 19.0. The molecule has 10 nitrogen and oxygen atoms in total. The lowest BCUT2D eigenvalue weighted by atomic mass is 10.0. The molecular weight excluding hydrogens is 507 g/mol. The van der Waals surface area contributed by atoms with E-state index in [0.29, 0.717) is 26.3 Å². The highest BCUT2D eigenvalue weighted by molar-refractivity contribution is 6.23. The first kappa shape index (κ1) is 27.3. The van der Waals surface area contributed by atoms with Crippen molar-refractivity contribution >= 4 is 29.2 Å². The van der Waals surface area contributed by atoms with Gasteiger partial charge in [0.05, 0.1) is 30.6 Å². The number of imide groups is 1. The first-order chi connectivity index (χ1) is 17.9. The van der Waals surface area contributed by atoms with Gasteiger partial charge in [-0.05, 0) is 56.7 Å². The molecule has 4 rings (SSSR count). The largest absolute Gasteiger partial charge is 0.573 e. The molecule has 0 saturated carbocycles. The number of anilines is 2. The Bertz CT molecular complexity index is 1200. The highest BCUT2D eigenvalue weighted by atomic mass is 19.4. The molecule has 13 heteroatoms. The maximum absolute atomic E-state index is 13.4. The summed E-state index contributed by atoms with van der Waals surface area (Å²) < 4.78 is 48.7. The molecule has 1 aromatic heterocycles. The summed E-state index contributed by atoms with van der Waals surface area (Å²) in [6.45, 7) is 6.75. The van der Waals surface area contributed by atoms with E-state index in [-0.39, 0.29) is 17.9 Å². The molecule has 0 radical (unpaired) electrons. The van der Waals surface area contributed by atoms with Gasteiger partial charge < -0.3 is 19.7 Å². The SMILES string of the molecule is CC(C(=O)Nc1cc(N2C(=O)N(Cc3ccncc3)C(C)(C)C2=O)ccc1OC(F)(F)F)N1CCOCC1. The summed E-state index contributed by atoms with van der Waals surface area (Å²) in [7, 11) is 0. The van der Waals surface area contributed by atoms with E-state index in [0.717, 1.165) is 22.6 Å². The Morgan fingerprint density at radius 3 is 2.45 bits per heavy atom. The number of alkyl halides is 3. The van der Waals surface area contributed by atoms with Gasteiger partial charge in [0.1, 0.15) is 5.54 Å². The van der Waals surface area contributed by atoms with Crippen LogP contribution in [0.2, 0.25) is 0 Å². The van der Waals surface area contributed by atoms with Crippen LogP contribution in [-0.2, 0) is 20.9 Å². The second-order valence-corrected chi connectivity index (χ2v) is 9.47. The predicted octanol–water partition coefficient (Wildman–Crippen LogP) is 3.39. The fourth-order valence-corrected chi connectivity index (χ4v) is 4.34. The molecule has 38 heavy (non-hydrogen) atoms. The standard InChI is InChI=1S/C25H28F3N5O5/c1-16(31-10-12-37-13-11-31)21(34)30-19-14-18(4-5-20(19)38-25(26,27)28)33-22(35)24(2,3)32(23(33)36)15-17-6-8-29-9-7-17/h4-9,14,16H,10-13,15H2,1-3H3,(H,30,34). The number of hydrogen-bond donors (Lipinski definition) is 1. The number of nitrogens with zero attached hydrogens (tertiary/aromatic N) is 4. The lowest BCUT2D eigenvalue weighted by Gasteiger charge is -2.31. The molecular formula is C25H28F3N5O5. The maximum atomic E-state index is 13.4. The van der Waals surface area contributed by atoms with Crippen molar-refractivity contribution in [2.45, 2.75) is 45.3 Å². The van der Waals surface area contributed by atoms with E-state index in [9.17, 15) is 27.6 Å². The Morgan fingerprint density at radius 2 is 1.82 bits per heavy atom. The maximum Gasteiger partial charge on any atom is 0.573 e. The van der Waals surface area contributed by atoms with Gasteiger partial charge in [-0.2, -0.15) is 0 Å². The van der Waals surface area contributed by atoms with Gasteiger partial charge in [0.25, 0.3) is 5.91 Å². The number of halogens is 3. The third-order valence-corrected chi connectivity index (χ3v) is 6.59. The van der Waals surface area contributed by atoms with Gasteiger partial charge in [-0.25, -0.2) is 9.69 Å². The van der Waals surface area contributed by atoms with Crippen molar-refractivity contribution in [1.82, 2.24) is 14.8 Å². The lowest BCUT2D eigenvalue weighted by molar-refractivity contribution is -0.274. The van der Waals surface area contributed by atoms with Crippen LogP contribution >= 0.6 is 0 Å². The van der Waals surface area contributed by atoms with Gasteiger partial charge in [0.15, 0.2) is 5.75 Å². The zero-order chi connectivity index (χ0) is 27.7. The number of morpholine rings is 1. The van der Waals surface area contributed by atoms with E-state index in [4.69, 9.17) is 4.74 Å². The van der Waals surface area contributed by atoms with Crippen molar-refractivity contribution in [1.29, 1.82) is 0 Å². The number of ether oxygens (including phenoxy) is 2. The average molecular weight is 536 g/mol. The molecule has 1 aromatic carbocycles. The summed E-state index contributed by atoms with van der Waals surface area (Å²) in [6, 6.07) is 5.37. The van der Waals surface area contributed by atoms with Crippen molar-refractivity contribution < 1.29 is 37.0 Å². The molecule has 1 atom stereocenters. The van der Waals surface area contributed by atoms with E-state index < -0.39 is 41.5 Å². The quantitative estimate of drug-likeness (QED) is 0.542. The summed E-state index contributed by atoms with van der Waals surface area (Å²) in [6.07, 6.45) is -1.90. The second-order valence-electron chi connectivity index (χ2n) is 9.47. The number of urea groups is 1. The highest BCUT2D eigenvalue weighted by Crippen LogP contribution is 2.38. The molecule has 3 heterocycles. The molecule has 0 spiro atoms. The first-order valence-corrected chi connectivity index (χ1v) is 12.0. The number of benzene rings is 1. The third kappa shape index (κ3) is 5.73.